The standard InChI is InChI=1S/C9H15N5O3/c1-2-3-6(8(15)16)13-9(17)10-4-7-11-5-12-14-7/h5-6H,2-4H2,1H3,(H,15,16)(H2,10,13,17)(H,11,12,14)/t6-/m0/s1. The summed E-state index contributed by atoms with van der Waals surface area (Å²) in [6.07, 6.45) is 2.40. The van der Waals surface area contributed by atoms with E-state index in [1.165, 1.54) is 6.33 Å². The van der Waals surface area contributed by atoms with Crippen molar-refractivity contribution in [3.05, 3.63) is 12.2 Å². The molecule has 0 aromatic carbocycles. The number of aromatic nitrogens is 3. The van der Waals surface area contributed by atoms with Crippen molar-refractivity contribution in [1.29, 1.82) is 0 Å². The number of nitrogens with one attached hydrogen (secondary N) is 3. The molecule has 0 saturated carbocycles. The highest BCUT2D eigenvalue weighted by Gasteiger charge is 2.18. The van der Waals surface area contributed by atoms with Crippen LogP contribution in [0.4, 0.5) is 4.79 Å². The maximum absolute atomic E-state index is 11.4. The van der Waals surface area contributed by atoms with Gasteiger partial charge in [0, 0.05) is 0 Å². The third-order valence-corrected chi connectivity index (χ3v) is 2.06. The number of aromatic amines is 1. The predicted molar refractivity (Wildman–Crippen MR) is 58.1 cm³/mol. The topological polar surface area (TPSA) is 120 Å². The zero-order valence-corrected chi connectivity index (χ0v) is 9.43. The monoisotopic (exact) mass is 241 g/mol. The highest BCUT2D eigenvalue weighted by Crippen LogP contribution is 1.96. The molecule has 0 aliphatic heterocycles. The Kier molecular flexibility index (Phi) is 4.92. The van der Waals surface area contributed by atoms with Gasteiger partial charge in [0.15, 0.2) is 0 Å². The lowest BCUT2D eigenvalue weighted by molar-refractivity contribution is -0.139. The average Bonchev–Trinajstić information content (AvgIpc) is 2.78. The van der Waals surface area contributed by atoms with E-state index in [4.69, 9.17) is 5.11 Å². The van der Waals surface area contributed by atoms with Crippen molar-refractivity contribution in [2.24, 2.45) is 0 Å². The van der Waals surface area contributed by atoms with Crippen molar-refractivity contribution < 1.29 is 14.7 Å². The molecule has 0 aliphatic carbocycles. The van der Waals surface area contributed by atoms with Gasteiger partial charge in [-0.1, -0.05) is 13.3 Å². The van der Waals surface area contributed by atoms with Gasteiger partial charge in [0.2, 0.25) is 0 Å². The maximum atomic E-state index is 11.4. The molecule has 0 saturated heterocycles. The van der Waals surface area contributed by atoms with Crippen LogP contribution in [-0.4, -0.2) is 38.3 Å². The van der Waals surface area contributed by atoms with Gasteiger partial charge < -0.3 is 15.7 Å². The van der Waals surface area contributed by atoms with Crippen LogP contribution < -0.4 is 10.6 Å². The number of rotatable bonds is 6. The molecule has 1 rings (SSSR count). The Morgan fingerprint density at radius 2 is 2.35 bits per heavy atom. The summed E-state index contributed by atoms with van der Waals surface area (Å²) < 4.78 is 0. The molecular formula is C9H15N5O3. The van der Waals surface area contributed by atoms with Crippen LogP contribution in [0.2, 0.25) is 0 Å². The van der Waals surface area contributed by atoms with E-state index in [9.17, 15) is 9.59 Å². The fraction of sp³-hybridized carbons (Fsp3) is 0.556. The number of nitrogens with zero attached hydrogens (tertiary/aromatic N) is 2. The highest BCUT2D eigenvalue weighted by atomic mass is 16.4. The van der Waals surface area contributed by atoms with Crippen LogP contribution in [0.3, 0.4) is 0 Å². The summed E-state index contributed by atoms with van der Waals surface area (Å²) in [6, 6.07) is -1.41. The molecule has 1 heterocycles. The van der Waals surface area contributed by atoms with E-state index in [-0.39, 0.29) is 6.54 Å². The molecule has 4 N–H and O–H groups in total. The van der Waals surface area contributed by atoms with E-state index in [1.807, 2.05) is 6.92 Å². The quantitative estimate of drug-likeness (QED) is 0.552. The van der Waals surface area contributed by atoms with Crippen molar-refractivity contribution >= 4 is 12.0 Å². The van der Waals surface area contributed by atoms with Gasteiger partial charge in [-0.15, -0.1) is 0 Å². The third-order valence-electron chi connectivity index (χ3n) is 2.06. The molecule has 1 atom stereocenters. The molecule has 1 aromatic heterocycles. The molecule has 17 heavy (non-hydrogen) atoms. The van der Waals surface area contributed by atoms with Crippen LogP contribution in [0.25, 0.3) is 0 Å². The van der Waals surface area contributed by atoms with Crippen molar-refractivity contribution in [3.8, 4) is 0 Å². The second-order valence-corrected chi connectivity index (χ2v) is 3.44. The van der Waals surface area contributed by atoms with E-state index >= 15 is 0 Å². The fourth-order valence-corrected chi connectivity index (χ4v) is 1.24. The number of hydrogen-bond acceptors (Lipinski definition) is 4. The Labute approximate surface area is 97.8 Å². The van der Waals surface area contributed by atoms with E-state index in [0.29, 0.717) is 18.7 Å². The van der Waals surface area contributed by atoms with Gasteiger partial charge in [-0.3, -0.25) is 5.10 Å². The Bertz CT molecular complexity index is 365. The van der Waals surface area contributed by atoms with Crippen LogP contribution in [-0.2, 0) is 11.3 Å². The minimum atomic E-state index is -1.04. The summed E-state index contributed by atoms with van der Waals surface area (Å²) in [6.45, 7) is 2.02. The molecule has 0 bridgehead atoms. The summed E-state index contributed by atoms with van der Waals surface area (Å²) in [7, 11) is 0. The molecule has 0 spiro atoms. The van der Waals surface area contributed by atoms with Gasteiger partial charge in [-0.2, -0.15) is 5.10 Å². The Hall–Kier alpha value is -2.12. The van der Waals surface area contributed by atoms with Gasteiger partial charge >= 0.3 is 12.0 Å². The van der Waals surface area contributed by atoms with Crippen LogP contribution in [0, 0.1) is 0 Å². The molecule has 0 fully saturated rings. The Morgan fingerprint density at radius 3 is 2.88 bits per heavy atom. The maximum Gasteiger partial charge on any atom is 0.326 e. The number of H-pyrrole nitrogens is 1. The van der Waals surface area contributed by atoms with Gasteiger partial charge in [0.1, 0.15) is 18.2 Å². The summed E-state index contributed by atoms with van der Waals surface area (Å²) in [4.78, 5) is 26.0. The van der Waals surface area contributed by atoms with E-state index in [1.54, 1.807) is 0 Å². The number of urea groups is 1. The van der Waals surface area contributed by atoms with Gasteiger partial charge in [-0.05, 0) is 6.42 Å². The first-order valence-electron chi connectivity index (χ1n) is 5.25. The lowest BCUT2D eigenvalue weighted by Gasteiger charge is -2.13. The smallest absolute Gasteiger partial charge is 0.326 e. The number of aliphatic carboxylic acids is 1. The van der Waals surface area contributed by atoms with Crippen molar-refractivity contribution in [1.82, 2.24) is 25.8 Å². The van der Waals surface area contributed by atoms with Crippen LogP contribution >= 0.6 is 0 Å². The Morgan fingerprint density at radius 1 is 1.59 bits per heavy atom. The average molecular weight is 241 g/mol. The molecule has 94 valence electrons. The first-order chi connectivity index (χ1) is 8.13. The molecular weight excluding hydrogens is 226 g/mol. The normalized spacial score (nSPS) is 11.8. The zero-order chi connectivity index (χ0) is 12.7. The Balaban J connectivity index is 2.34. The predicted octanol–water partition coefficient (Wildman–Crippen LogP) is -0.143. The lowest BCUT2D eigenvalue weighted by atomic mass is 10.2. The van der Waals surface area contributed by atoms with Crippen LogP contribution in [0.1, 0.15) is 25.6 Å². The third kappa shape index (κ3) is 4.49. The first kappa shape index (κ1) is 12.9. The van der Waals surface area contributed by atoms with Crippen molar-refractivity contribution in [2.45, 2.75) is 32.4 Å². The summed E-state index contributed by atoms with van der Waals surface area (Å²) in [5, 5.41) is 19.9. The van der Waals surface area contributed by atoms with Crippen LogP contribution in [0.5, 0.6) is 0 Å². The number of carbonyl (C=O) groups excluding carboxylic acids is 1. The second kappa shape index (κ2) is 6.46. The SMILES string of the molecule is CCC[C@H](NC(=O)NCc1ncn[nH]1)C(=O)O. The molecule has 2 amide bonds. The minimum absolute atomic E-state index is 0.171. The molecule has 0 radical (unpaired) electrons. The fourth-order valence-electron chi connectivity index (χ4n) is 1.24. The molecule has 8 heteroatoms. The minimum Gasteiger partial charge on any atom is -0.480 e. The zero-order valence-electron chi connectivity index (χ0n) is 9.43. The van der Waals surface area contributed by atoms with E-state index in [2.05, 4.69) is 25.8 Å². The molecule has 0 aliphatic rings. The largest absolute Gasteiger partial charge is 0.480 e. The number of carboxylic acid groups (broad SMARTS) is 1. The number of carboxylic acids is 1. The summed E-state index contributed by atoms with van der Waals surface area (Å²) >= 11 is 0. The second-order valence-electron chi connectivity index (χ2n) is 3.44. The van der Waals surface area contributed by atoms with Crippen molar-refractivity contribution in [2.75, 3.05) is 0 Å². The number of hydrogen-bond donors (Lipinski definition) is 4. The number of carbonyl (C=O) groups is 2. The van der Waals surface area contributed by atoms with Gasteiger partial charge in [0.05, 0.1) is 6.54 Å². The molecule has 8 nitrogen and oxygen atoms in total. The highest BCUT2D eigenvalue weighted by molar-refractivity contribution is 5.82. The summed E-state index contributed by atoms with van der Waals surface area (Å²) in [5.41, 5.74) is 0. The first-order valence-corrected chi connectivity index (χ1v) is 5.25. The van der Waals surface area contributed by atoms with Gasteiger partial charge in [0.25, 0.3) is 0 Å². The molecule has 0 unspecified atom stereocenters. The van der Waals surface area contributed by atoms with Crippen LogP contribution in [0.15, 0.2) is 6.33 Å². The number of amides is 2. The van der Waals surface area contributed by atoms with E-state index in [0.717, 1.165) is 0 Å². The van der Waals surface area contributed by atoms with Crippen molar-refractivity contribution in [3.63, 3.8) is 0 Å². The van der Waals surface area contributed by atoms with E-state index < -0.39 is 18.0 Å². The molecule has 1 aromatic rings. The van der Waals surface area contributed by atoms with Gasteiger partial charge in [-0.25, -0.2) is 14.6 Å². The lowest BCUT2D eigenvalue weighted by Crippen LogP contribution is -2.45. The summed E-state index contributed by atoms with van der Waals surface area (Å²) in [5.74, 6) is -0.538.